The fourth-order valence-electron chi connectivity index (χ4n) is 1.40. The molecule has 6 heteroatoms. The quantitative estimate of drug-likeness (QED) is 0.496. The van der Waals surface area contributed by atoms with E-state index < -0.39 is 17.5 Å². The second-order valence-electron chi connectivity index (χ2n) is 3.78. The van der Waals surface area contributed by atoms with Crippen molar-refractivity contribution < 1.29 is 14.1 Å². The molecule has 3 nitrogen and oxygen atoms in total. The Morgan fingerprint density at radius 2 is 2.06 bits per heavy atom. The van der Waals surface area contributed by atoms with Gasteiger partial charge in [-0.05, 0) is 19.4 Å². The molecule has 0 fully saturated rings. The molecule has 18 heavy (non-hydrogen) atoms. The van der Waals surface area contributed by atoms with Crippen LogP contribution in [-0.4, -0.2) is 18.7 Å². The highest BCUT2D eigenvalue weighted by molar-refractivity contribution is 8.61. The number of hydrogen-bond acceptors (Lipinski definition) is 4. The molecule has 1 aromatic rings. The predicted molar refractivity (Wildman–Crippen MR) is 80.6 cm³/mol. The highest BCUT2D eigenvalue weighted by Crippen LogP contribution is 2.56. The number of benzene rings is 1. The Balaban J connectivity index is 2.59. The van der Waals surface area contributed by atoms with Crippen LogP contribution in [0.3, 0.4) is 0 Å². The van der Waals surface area contributed by atoms with E-state index in [1.54, 1.807) is 13.8 Å². The lowest BCUT2D eigenvalue weighted by atomic mass is 10.2. The lowest BCUT2D eigenvalue weighted by molar-refractivity contribution is -0.150. The van der Waals surface area contributed by atoms with E-state index in [-0.39, 0.29) is 0 Å². The monoisotopic (exact) mass is 304 g/mol. The van der Waals surface area contributed by atoms with E-state index in [0.717, 1.165) is 5.56 Å². The fourth-order valence-corrected chi connectivity index (χ4v) is 4.48. The van der Waals surface area contributed by atoms with Crippen molar-refractivity contribution >= 4 is 35.5 Å². The average molecular weight is 304 g/mol. The van der Waals surface area contributed by atoms with E-state index in [9.17, 15) is 4.79 Å². The predicted octanol–water partition coefficient (Wildman–Crippen LogP) is 3.39. The van der Waals surface area contributed by atoms with Crippen molar-refractivity contribution in [3.05, 3.63) is 35.9 Å². The van der Waals surface area contributed by atoms with Crippen molar-refractivity contribution in [2.45, 2.75) is 26.1 Å². The van der Waals surface area contributed by atoms with Crippen LogP contribution in [0.25, 0.3) is 0 Å². The maximum absolute atomic E-state index is 11.5. The van der Waals surface area contributed by atoms with Crippen molar-refractivity contribution in [1.82, 2.24) is 0 Å². The van der Waals surface area contributed by atoms with E-state index >= 15 is 0 Å². The molecule has 0 saturated carbocycles. The molecule has 0 aliphatic heterocycles. The maximum Gasteiger partial charge on any atom is 0.335 e. The molecule has 0 aliphatic carbocycles. The number of carbonyl (C=O) groups is 1. The SMILES string of the molecule is CCOC(=O)[C@H](C)OP(=S)(S)Cc1ccccc1. The summed E-state index contributed by atoms with van der Waals surface area (Å²) in [6, 6.07) is 9.75. The molecular weight excluding hydrogens is 287 g/mol. The van der Waals surface area contributed by atoms with Crippen LogP contribution in [0.1, 0.15) is 19.4 Å². The Hall–Kier alpha value is -0.350. The summed E-state index contributed by atoms with van der Waals surface area (Å²) in [6.45, 7) is 3.73. The van der Waals surface area contributed by atoms with Gasteiger partial charge >= 0.3 is 5.97 Å². The third kappa shape index (κ3) is 5.53. The number of rotatable bonds is 6. The Morgan fingerprint density at radius 1 is 1.44 bits per heavy atom. The Morgan fingerprint density at radius 3 is 2.61 bits per heavy atom. The highest BCUT2D eigenvalue weighted by atomic mass is 32.9. The summed E-state index contributed by atoms with van der Waals surface area (Å²) in [5.41, 5.74) is -1.26. The first kappa shape index (κ1) is 15.7. The normalized spacial score (nSPS) is 15.7. The van der Waals surface area contributed by atoms with Gasteiger partial charge in [-0.15, -0.1) is 12.2 Å². The topological polar surface area (TPSA) is 35.5 Å². The van der Waals surface area contributed by atoms with Crippen molar-refractivity contribution in [2.75, 3.05) is 6.61 Å². The van der Waals surface area contributed by atoms with Gasteiger partial charge in [0.25, 0.3) is 0 Å². The first-order chi connectivity index (χ1) is 8.44. The van der Waals surface area contributed by atoms with Gasteiger partial charge in [-0.2, -0.15) is 0 Å². The van der Waals surface area contributed by atoms with Gasteiger partial charge in [-0.3, -0.25) is 0 Å². The van der Waals surface area contributed by atoms with Crippen LogP contribution in [-0.2, 0) is 32.0 Å². The summed E-state index contributed by atoms with van der Waals surface area (Å²) in [5.74, 6) is -0.395. The number of ether oxygens (including phenoxy) is 1. The van der Waals surface area contributed by atoms with Gasteiger partial charge in [-0.25, -0.2) is 4.79 Å². The van der Waals surface area contributed by atoms with Crippen molar-refractivity contribution in [3.63, 3.8) is 0 Å². The van der Waals surface area contributed by atoms with Crippen molar-refractivity contribution in [3.8, 4) is 0 Å². The summed E-state index contributed by atoms with van der Waals surface area (Å²) in [7, 11) is 0. The third-order valence-electron chi connectivity index (χ3n) is 2.17. The van der Waals surface area contributed by atoms with E-state index in [4.69, 9.17) is 21.1 Å². The van der Waals surface area contributed by atoms with Crippen LogP contribution in [0, 0.1) is 0 Å². The van der Waals surface area contributed by atoms with Gasteiger partial charge in [-0.1, -0.05) is 42.1 Å². The molecule has 100 valence electrons. The van der Waals surface area contributed by atoms with Crippen LogP contribution in [0.5, 0.6) is 0 Å². The van der Waals surface area contributed by atoms with E-state index in [1.165, 1.54) is 0 Å². The largest absolute Gasteiger partial charge is 0.464 e. The average Bonchev–Trinajstić information content (AvgIpc) is 2.29. The Kier molecular flexibility index (Phi) is 6.36. The zero-order valence-corrected chi connectivity index (χ0v) is 13.0. The molecule has 1 aromatic carbocycles. The second kappa shape index (κ2) is 7.29. The molecule has 0 saturated heterocycles. The lowest BCUT2D eigenvalue weighted by Gasteiger charge is -2.20. The van der Waals surface area contributed by atoms with Gasteiger partial charge < -0.3 is 9.26 Å². The number of esters is 1. The van der Waals surface area contributed by atoms with E-state index in [0.29, 0.717) is 12.8 Å². The zero-order chi connectivity index (χ0) is 13.6. The van der Waals surface area contributed by atoms with Gasteiger partial charge in [0.2, 0.25) is 0 Å². The van der Waals surface area contributed by atoms with Crippen LogP contribution in [0.15, 0.2) is 30.3 Å². The standard InChI is InChI=1S/C12H17O3PS2/c1-3-14-12(13)10(2)15-16(17,18)9-11-7-5-4-6-8-11/h4-8,10H,3,9H2,1-2H3,(H,17,18)/t10-/m0/s1. The fraction of sp³-hybridized carbons (Fsp3) is 0.417. The molecule has 2 atom stereocenters. The molecule has 1 unspecified atom stereocenters. The molecule has 0 aliphatic rings. The minimum Gasteiger partial charge on any atom is -0.464 e. The number of carbonyl (C=O) groups excluding carboxylic acids is 1. The van der Waals surface area contributed by atoms with Gasteiger partial charge in [0.1, 0.15) is 5.47 Å². The van der Waals surface area contributed by atoms with Crippen LogP contribution >= 0.6 is 17.7 Å². The summed E-state index contributed by atoms with van der Waals surface area (Å²) >= 11 is 9.75. The Bertz CT molecular complexity index is 436. The lowest BCUT2D eigenvalue weighted by Crippen LogP contribution is -2.21. The Labute approximate surface area is 118 Å². The molecule has 0 spiro atoms. The number of thiol groups is 1. The molecule has 1 rings (SSSR count). The summed E-state index contributed by atoms with van der Waals surface area (Å²) in [6.07, 6.45) is -0.118. The molecule has 0 heterocycles. The molecule has 0 bridgehead atoms. The van der Waals surface area contributed by atoms with Crippen molar-refractivity contribution in [2.24, 2.45) is 0 Å². The second-order valence-corrected chi connectivity index (χ2v) is 10.1. The minimum absolute atomic E-state index is 0.334. The maximum atomic E-state index is 11.5. The van der Waals surface area contributed by atoms with Crippen LogP contribution < -0.4 is 0 Å². The summed E-state index contributed by atoms with van der Waals surface area (Å²) < 4.78 is 10.4. The highest BCUT2D eigenvalue weighted by Gasteiger charge is 2.22. The zero-order valence-electron chi connectivity index (χ0n) is 10.4. The molecule has 0 amide bonds. The van der Waals surface area contributed by atoms with Gasteiger partial charge in [0, 0.05) is 6.16 Å². The summed E-state index contributed by atoms with van der Waals surface area (Å²) in [5, 5.41) is 0. The summed E-state index contributed by atoms with van der Waals surface area (Å²) in [4.78, 5) is 11.5. The first-order valence-electron chi connectivity index (χ1n) is 5.65. The van der Waals surface area contributed by atoms with Crippen molar-refractivity contribution in [1.29, 1.82) is 0 Å². The smallest absolute Gasteiger partial charge is 0.335 e. The van der Waals surface area contributed by atoms with E-state index in [1.807, 2.05) is 30.3 Å². The van der Waals surface area contributed by atoms with E-state index in [2.05, 4.69) is 12.2 Å². The molecule has 0 aromatic heterocycles. The first-order valence-corrected chi connectivity index (χ1v) is 9.71. The van der Waals surface area contributed by atoms with Gasteiger partial charge in [0.15, 0.2) is 6.10 Å². The number of hydrogen-bond donors (Lipinski definition) is 1. The molecule has 0 N–H and O–H groups in total. The minimum atomic E-state index is -2.32. The third-order valence-corrected chi connectivity index (χ3v) is 4.93. The van der Waals surface area contributed by atoms with Crippen LogP contribution in [0.2, 0.25) is 0 Å². The molecule has 0 radical (unpaired) electrons. The van der Waals surface area contributed by atoms with Crippen LogP contribution in [0.4, 0.5) is 0 Å². The van der Waals surface area contributed by atoms with Gasteiger partial charge in [0.05, 0.1) is 6.61 Å². The molecular formula is C12H17O3PS2.